The Morgan fingerprint density at radius 1 is 0.969 bits per heavy atom. The van der Waals surface area contributed by atoms with E-state index >= 15 is 0 Å². The quantitative estimate of drug-likeness (QED) is 0.250. The van der Waals surface area contributed by atoms with E-state index in [-0.39, 0.29) is 16.4 Å². The van der Waals surface area contributed by atoms with Gasteiger partial charge in [0.25, 0.3) is 10.0 Å². The van der Waals surface area contributed by atoms with Gasteiger partial charge in [-0.2, -0.15) is 0 Å². The van der Waals surface area contributed by atoms with Crippen molar-refractivity contribution in [1.29, 1.82) is 0 Å². The third-order valence-corrected chi connectivity index (χ3v) is 5.69. The summed E-state index contributed by atoms with van der Waals surface area (Å²) >= 11 is 0. The van der Waals surface area contributed by atoms with Crippen LogP contribution in [-0.4, -0.2) is 24.2 Å². The lowest BCUT2D eigenvalue weighted by molar-refractivity contribution is 0.104. The van der Waals surface area contributed by atoms with Crippen molar-refractivity contribution in [3.05, 3.63) is 101 Å². The topological polar surface area (TPSA) is 131 Å². The molecule has 0 unspecified atom stereocenters. The highest BCUT2D eigenvalue weighted by Crippen LogP contribution is 2.17. The van der Waals surface area contributed by atoms with Crippen molar-refractivity contribution in [1.82, 2.24) is 9.97 Å². The highest BCUT2D eigenvalue weighted by molar-refractivity contribution is 7.92. The van der Waals surface area contributed by atoms with Crippen molar-refractivity contribution in [3.63, 3.8) is 0 Å². The second-order valence-electron chi connectivity index (χ2n) is 6.53. The van der Waals surface area contributed by atoms with E-state index in [1.807, 2.05) is 0 Å². The van der Waals surface area contributed by atoms with Crippen molar-refractivity contribution < 1.29 is 17.6 Å². The lowest BCUT2D eigenvalue weighted by Crippen LogP contribution is -2.14. The van der Waals surface area contributed by atoms with Gasteiger partial charge in [0, 0.05) is 35.7 Å². The fraction of sp³-hybridized carbons (Fsp3) is 0. The van der Waals surface area contributed by atoms with E-state index in [2.05, 4.69) is 20.0 Å². The zero-order chi connectivity index (χ0) is 22.6. The molecule has 0 atom stereocenters. The summed E-state index contributed by atoms with van der Waals surface area (Å²) in [5.74, 6) is -0.558. The molecule has 0 fully saturated rings. The molecule has 2 aromatic carbocycles. The van der Waals surface area contributed by atoms with Crippen molar-refractivity contribution in [2.75, 3.05) is 10.0 Å². The maximum Gasteiger partial charge on any atom is 0.347 e. The third kappa shape index (κ3) is 4.71. The first kappa shape index (κ1) is 20.9. The minimum Gasteiger partial charge on any atom is -0.422 e. The summed E-state index contributed by atoms with van der Waals surface area (Å²) in [6.07, 6.45) is 5.40. The minimum atomic E-state index is -3.84. The zero-order valence-corrected chi connectivity index (χ0v) is 17.2. The Bertz CT molecular complexity index is 1460. The molecule has 2 aromatic heterocycles. The first-order chi connectivity index (χ1) is 15.4. The number of aromatic nitrogens is 2. The molecule has 0 saturated heterocycles. The number of benzene rings is 2. The third-order valence-electron chi connectivity index (χ3n) is 4.35. The van der Waals surface area contributed by atoms with Crippen LogP contribution in [0.3, 0.4) is 0 Å². The molecular weight excluding hydrogens is 432 g/mol. The van der Waals surface area contributed by atoms with Gasteiger partial charge in [-0.1, -0.05) is 18.2 Å². The van der Waals surface area contributed by atoms with Gasteiger partial charge in [0.05, 0.1) is 4.90 Å². The summed E-state index contributed by atoms with van der Waals surface area (Å²) in [6, 6.07) is 15.8. The Morgan fingerprint density at radius 3 is 2.44 bits per heavy atom. The highest BCUT2D eigenvalue weighted by atomic mass is 32.2. The predicted octanol–water partition coefficient (Wildman–Crippen LogP) is 3.19. The van der Waals surface area contributed by atoms with Crippen molar-refractivity contribution in [3.8, 4) is 0 Å². The van der Waals surface area contributed by atoms with Gasteiger partial charge in [-0.15, -0.1) is 0 Å². The molecule has 0 bridgehead atoms. The van der Waals surface area contributed by atoms with E-state index in [4.69, 9.17) is 4.42 Å². The molecule has 10 heteroatoms. The van der Waals surface area contributed by atoms with Gasteiger partial charge in [0.2, 0.25) is 5.95 Å². The van der Waals surface area contributed by atoms with E-state index < -0.39 is 21.4 Å². The number of nitrogens with zero attached hydrogens (tertiary/aromatic N) is 2. The zero-order valence-electron chi connectivity index (χ0n) is 16.4. The predicted molar refractivity (Wildman–Crippen MR) is 119 cm³/mol. The lowest BCUT2D eigenvalue weighted by Gasteiger charge is -2.07. The number of fused-ring (bicyclic) bond motifs is 1. The van der Waals surface area contributed by atoms with Crippen LogP contribution in [0.5, 0.6) is 0 Å². The van der Waals surface area contributed by atoms with Gasteiger partial charge in [-0.25, -0.2) is 27.9 Å². The number of ketones is 1. The van der Waals surface area contributed by atoms with Gasteiger partial charge < -0.3 is 9.73 Å². The Morgan fingerprint density at radius 2 is 1.69 bits per heavy atom. The number of rotatable bonds is 7. The first-order valence-electron chi connectivity index (χ1n) is 9.33. The highest BCUT2D eigenvalue weighted by Gasteiger charge is 2.15. The number of nitrogens with one attached hydrogen (secondary N) is 2. The Hall–Kier alpha value is -4.31. The largest absolute Gasteiger partial charge is 0.422 e. The van der Waals surface area contributed by atoms with Crippen LogP contribution in [0.25, 0.3) is 11.0 Å². The van der Waals surface area contributed by atoms with Crippen LogP contribution in [0.2, 0.25) is 0 Å². The average Bonchev–Trinajstić information content (AvgIpc) is 2.79. The van der Waals surface area contributed by atoms with E-state index in [1.165, 1.54) is 55.0 Å². The summed E-state index contributed by atoms with van der Waals surface area (Å²) in [7, 11) is -3.84. The molecule has 160 valence electrons. The fourth-order valence-corrected chi connectivity index (χ4v) is 3.76. The summed E-state index contributed by atoms with van der Waals surface area (Å²) in [4.78, 5) is 32.1. The standard InChI is InChI=1S/C22H16N4O5S/c27-19(18-14-15-4-1-2-5-20(15)31-21(18)28)10-13-23-16-6-8-17(9-7-16)32(29,30)26-22-24-11-3-12-25-22/h1-14,23H,(H,24,25,26)/b13-10-. The molecule has 9 nitrogen and oxygen atoms in total. The number of hydrogen-bond acceptors (Lipinski definition) is 8. The van der Waals surface area contributed by atoms with Crippen molar-refractivity contribution in [2.24, 2.45) is 0 Å². The number of para-hydroxylation sites is 1. The number of carbonyl (C=O) groups excluding carboxylic acids is 1. The Balaban J connectivity index is 1.43. The van der Waals surface area contributed by atoms with Gasteiger partial charge in [0.15, 0.2) is 5.78 Å². The van der Waals surface area contributed by atoms with E-state index in [9.17, 15) is 18.0 Å². The molecule has 0 saturated carbocycles. The van der Waals surface area contributed by atoms with Crippen molar-refractivity contribution >= 4 is 38.4 Å². The first-order valence-corrected chi connectivity index (χ1v) is 10.8. The van der Waals surface area contributed by atoms with Crippen LogP contribution < -0.4 is 15.7 Å². The fourth-order valence-electron chi connectivity index (χ4n) is 2.80. The van der Waals surface area contributed by atoms with Gasteiger partial charge in [0.1, 0.15) is 11.1 Å². The molecule has 2 N–H and O–H groups in total. The maximum atomic E-state index is 12.4. The lowest BCUT2D eigenvalue weighted by atomic mass is 10.1. The van der Waals surface area contributed by atoms with Gasteiger partial charge in [-0.05, 0) is 42.5 Å². The normalized spacial score (nSPS) is 11.5. The summed E-state index contributed by atoms with van der Waals surface area (Å²) in [6.45, 7) is 0. The number of carbonyl (C=O) groups is 1. The van der Waals surface area contributed by atoms with Crippen molar-refractivity contribution in [2.45, 2.75) is 4.90 Å². The molecule has 0 aliphatic rings. The minimum absolute atomic E-state index is 0.0179. The molecule has 0 spiro atoms. The van der Waals surface area contributed by atoms with E-state index in [1.54, 1.807) is 30.3 Å². The number of hydrogen-bond donors (Lipinski definition) is 2. The number of sulfonamides is 1. The summed E-state index contributed by atoms with van der Waals surface area (Å²) in [5, 5.41) is 3.50. The molecule has 4 aromatic rings. The van der Waals surface area contributed by atoms with Crippen LogP contribution in [0.15, 0.2) is 99.4 Å². The second kappa shape index (κ2) is 8.82. The summed E-state index contributed by atoms with van der Waals surface area (Å²) in [5.41, 5.74) is 0.134. The molecule has 4 rings (SSSR count). The molecule has 0 aliphatic carbocycles. The summed E-state index contributed by atoms with van der Waals surface area (Å²) < 4.78 is 32.2. The second-order valence-corrected chi connectivity index (χ2v) is 8.21. The number of allylic oxidation sites excluding steroid dienone is 1. The van der Waals surface area contributed by atoms with E-state index in [0.29, 0.717) is 16.7 Å². The van der Waals surface area contributed by atoms with Crippen LogP contribution in [0.4, 0.5) is 11.6 Å². The monoisotopic (exact) mass is 448 g/mol. The molecule has 0 amide bonds. The molecule has 32 heavy (non-hydrogen) atoms. The molecule has 0 aliphatic heterocycles. The van der Waals surface area contributed by atoms with Crippen LogP contribution in [0.1, 0.15) is 10.4 Å². The van der Waals surface area contributed by atoms with Crippen LogP contribution in [0, 0.1) is 0 Å². The van der Waals surface area contributed by atoms with Gasteiger partial charge in [-0.3, -0.25) is 4.79 Å². The number of anilines is 2. The average molecular weight is 448 g/mol. The molecular formula is C22H16N4O5S. The SMILES string of the molecule is O=C(/C=C\Nc1ccc(S(=O)(=O)Nc2ncccn2)cc1)c1cc2ccccc2oc1=O. The van der Waals surface area contributed by atoms with Crippen LogP contribution in [-0.2, 0) is 10.0 Å². The Kier molecular flexibility index (Phi) is 5.77. The maximum absolute atomic E-state index is 12.4. The van der Waals surface area contributed by atoms with Gasteiger partial charge >= 0.3 is 5.63 Å². The molecule has 2 heterocycles. The van der Waals surface area contributed by atoms with E-state index in [0.717, 1.165) is 0 Å². The van der Waals surface area contributed by atoms with Crippen LogP contribution >= 0.6 is 0 Å². The molecule has 0 radical (unpaired) electrons. The smallest absolute Gasteiger partial charge is 0.347 e. The Labute approximate surface area is 182 Å².